The Hall–Kier alpha value is -5.37. The van der Waals surface area contributed by atoms with Crippen molar-refractivity contribution in [3.05, 3.63) is 129 Å². The molecule has 2 heterocycles. The number of halogens is 3. The quantitative estimate of drug-likeness (QED) is 0.0595. The van der Waals surface area contributed by atoms with Gasteiger partial charge in [-0.15, -0.1) is 0 Å². The minimum Gasteiger partial charge on any atom is -0.511 e. The largest absolute Gasteiger partial charge is 0.513 e. The van der Waals surface area contributed by atoms with E-state index in [1.165, 1.54) is 0 Å². The predicted octanol–water partition coefficient (Wildman–Crippen LogP) is 12.5. The van der Waals surface area contributed by atoms with Gasteiger partial charge < -0.3 is 39.4 Å². The fourth-order valence-corrected chi connectivity index (χ4v) is 8.03. The summed E-state index contributed by atoms with van der Waals surface area (Å²) < 4.78 is 25.2. The van der Waals surface area contributed by atoms with E-state index in [-0.39, 0.29) is 57.2 Å². The molecule has 2 aliphatic heterocycles. The minimum atomic E-state index is -0.875. The maximum Gasteiger partial charge on any atom is 0.513 e. The molecule has 0 radical (unpaired) electrons. The summed E-state index contributed by atoms with van der Waals surface area (Å²) in [5.41, 5.74) is 5.68. The lowest BCUT2D eigenvalue weighted by molar-refractivity contribution is -0.117. The third-order valence-electron chi connectivity index (χ3n) is 10.9. The number of aliphatic hydroxyl groups is 1. The van der Waals surface area contributed by atoms with E-state index in [0.29, 0.717) is 66.9 Å². The lowest BCUT2D eigenvalue weighted by Gasteiger charge is -2.34. The van der Waals surface area contributed by atoms with E-state index < -0.39 is 22.4 Å². The first-order valence-corrected chi connectivity index (χ1v) is 23.4. The molecule has 4 aromatic rings. The van der Waals surface area contributed by atoms with Crippen LogP contribution in [0.2, 0.25) is 10.0 Å². The van der Waals surface area contributed by atoms with Crippen molar-refractivity contribution >= 4 is 69.3 Å². The highest BCUT2D eigenvalue weighted by atomic mass is 35.5. The maximum absolute atomic E-state index is 13.1. The second-order valence-electron chi connectivity index (χ2n) is 16.7. The van der Waals surface area contributed by atoms with Crippen molar-refractivity contribution in [3.63, 3.8) is 0 Å². The van der Waals surface area contributed by atoms with Gasteiger partial charge in [0.2, 0.25) is 0 Å². The zero-order valence-electron chi connectivity index (χ0n) is 39.4. The second kappa shape index (κ2) is 25.7. The second-order valence-corrected chi connectivity index (χ2v) is 17.8. The zero-order valence-corrected chi connectivity index (χ0v) is 41.7. The number of nitrogens with one attached hydrogen (secondary N) is 2. The molecule has 0 unspecified atom stereocenters. The van der Waals surface area contributed by atoms with Gasteiger partial charge in [0.25, 0.3) is 11.8 Å². The van der Waals surface area contributed by atoms with Crippen LogP contribution in [-0.2, 0) is 46.1 Å². The molecule has 0 spiro atoms. The Balaban J connectivity index is 0.000000401. The molecule has 0 atom stereocenters. The smallest absolute Gasteiger partial charge is 0.511 e. The maximum atomic E-state index is 13.1. The van der Waals surface area contributed by atoms with Gasteiger partial charge in [-0.25, -0.2) is 9.59 Å². The Morgan fingerprint density at radius 1 is 0.627 bits per heavy atom. The van der Waals surface area contributed by atoms with Crippen molar-refractivity contribution < 1.29 is 50.8 Å². The third kappa shape index (κ3) is 14.8. The molecule has 0 fully saturated rings. The van der Waals surface area contributed by atoms with Crippen molar-refractivity contribution in [2.45, 2.75) is 68.2 Å². The van der Waals surface area contributed by atoms with Crippen LogP contribution in [0, 0.1) is 10.8 Å². The molecule has 2 aliphatic rings. The lowest BCUT2D eigenvalue weighted by atomic mass is 9.81. The van der Waals surface area contributed by atoms with Crippen molar-refractivity contribution in [2.24, 2.45) is 10.8 Å². The van der Waals surface area contributed by atoms with E-state index in [1.807, 2.05) is 140 Å². The van der Waals surface area contributed by atoms with Crippen LogP contribution in [0.1, 0.15) is 80.5 Å². The molecule has 6 rings (SSSR count). The van der Waals surface area contributed by atoms with E-state index >= 15 is 0 Å². The van der Waals surface area contributed by atoms with Gasteiger partial charge >= 0.3 is 11.6 Å². The van der Waals surface area contributed by atoms with Crippen LogP contribution in [0.15, 0.2) is 96.4 Å². The molecule has 0 aliphatic carbocycles. The summed E-state index contributed by atoms with van der Waals surface area (Å²) in [6, 6.07) is 27.7. The summed E-state index contributed by atoms with van der Waals surface area (Å²) in [5, 5.41) is 17.4. The first-order valence-electron chi connectivity index (χ1n) is 22.2. The number of carbonyl (C=O) groups excluding carboxylic acids is 4. The molecule has 0 saturated carbocycles. The van der Waals surface area contributed by atoms with Gasteiger partial charge in [0.05, 0.1) is 24.4 Å². The highest BCUT2D eigenvalue weighted by molar-refractivity contribution is 6.61. The lowest BCUT2D eigenvalue weighted by Crippen LogP contribution is -2.43. The SMILES string of the molecule is CCOCCOC(=O)Cl.CCOCCOC(=O)OC1=C(c2c(Cl)cc(-c3ccccc3)cc2CC)C(=O)NCC1(C)C.CCc1cc(-c2ccccc2)cc(Cl)c1C1=C(O)C(C)(C)CNC1=O.[HH].[HH]. The molecule has 0 bridgehead atoms. The van der Waals surface area contributed by atoms with Gasteiger partial charge in [0.15, 0.2) is 0 Å². The van der Waals surface area contributed by atoms with E-state index in [9.17, 15) is 24.3 Å². The summed E-state index contributed by atoms with van der Waals surface area (Å²) >= 11 is 18.2. The molecule has 12 nitrogen and oxygen atoms in total. The standard InChI is InChI=1S/C26H30ClNO5.C21H22ClNO2.C5H9ClO3.2H2/c1-5-17-14-19(18-10-8-7-9-11-18)15-20(27)21(17)22-23(26(3,4)16-28-24(22)29)33-25(30)32-13-12-31-6-2;1-4-13-10-15(14-8-6-5-7-9-14)11-16(22)17(13)18-19(24)21(2,3)12-23-20(18)25;1-2-8-3-4-9-5(6)7;;/h7-11,14-15H,5-6,12-13,16H2,1-4H3,(H,28,29);5-11,24H,4,12H2,1-3H3,(H,23,25);2-4H2,1H3;2*1H. The van der Waals surface area contributed by atoms with E-state index in [2.05, 4.69) is 15.4 Å². The molecule has 67 heavy (non-hydrogen) atoms. The topological polar surface area (TPSA) is 159 Å². The first-order chi connectivity index (χ1) is 31.9. The van der Waals surface area contributed by atoms with Crippen LogP contribution in [0.25, 0.3) is 33.4 Å². The summed E-state index contributed by atoms with van der Waals surface area (Å²) in [5.74, 6) is -0.270. The average molecular weight is 984 g/mol. The third-order valence-corrected chi connectivity index (χ3v) is 11.6. The Morgan fingerprint density at radius 2 is 1.06 bits per heavy atom. The molecule has 3 N–H and O–H groups in total. The highest BCUT2D eigenvalue weighted by Crippen LogP contribution is 2.43. The molecular formula is C52H65Cl3N2O10. The van der Waals surface area contributed by atoms with Gasteiger partial charge in [-0.3, -0.25) is 9.59 Å². The van der Waals surface area contributed by atoms with Gasteiger partial charge in [0, 0.05) is 72.8 Å². The fourth-order valence-electron chi connectivity index (χ4n) is 7.28. The number of carbonyl (C=O) groups is 4. The van der Waals surface area contributed by atoms with E-state index in [0.717, 1.165) is 33.4 Å². The Bertz CT molecular complexity index is 2430. The minimum absolute atomic E-state index is 0. The van der Waals surface area contributed by atoms with Crippen LogP contribution in [0.5, 0.6) is 0 Å². The summed E-state index contributed by atoms with van der Waals surface area (Å²) in [6.07, 6.45) is 0.472. The first kappa shape index (κ1) is 54.2. The number of aliphatic hydroxyl groups excluding tert-OH is 1. The van der Waals surface area contributed by atoms with Gasteiger partial charge in [-0.2, -0.15) is 0 Å². The van der Waals surface area contributed by atoms with Crippen molar-refractivity contribution in [2.75, 3.05) is 52.7 Å². The summed E-state index contributed by atoms with van der Waals surface area (Å²) in [7, 11) is 0. The molecular weight excluding hydrogens is 919 g/mol. The Morgan fingerprint density at radius 3 is 1.51 bits per heavy atom. The van der Waals surface area contributed by atoms with Crippen LogP contribution in [0.3, 0.4) is 0 Å². The number of rotatable bonds is 15. The molecule has 0 saturated heterocycles. The van der Waals surface area contributed by atoms with Crippen molar-refractivity contribution in [3.8, 4) is 22.3 Å². The number of hydrogen-bond donors (Lipinski definition) is 3. The van der Waals surface area contributed by atoms with Crippen LogP contribution in [0.4, 0.5) is 9.59 Å². The van der Waals surface area contributed by atoms with Crippen LogP contribution in [-0.4, -0.2) is 81.2 Å². The average Bonchev–Trinajstić information content (AvgIpc) is 3.31. The van der Waals surface area contributed by atoms with E-state index in [4.69, 9.17) is 53.8 Å². The van der Waals surface area contributed by atoms with Crippen LogP contribution >= 0.6 is 34.8 Å². The van der Waals surface area contributed by atoms with Gasteiger partial charge in [-0.05, 0) is 72.2 Å². The molecule has 364 valence electrons. The summed E-state index contributed by atoms with van der Waals surface area (Å²) in [4.78, 5) is 47.9. The van der Waals surface area contributed by atoms with E-state index in [1.54, 1.807) is 0 Å². The molecule has 0 aromatic heterocycles. The fraction of sp³-hybridized carbons (Fsp3) is 0.385. The molecule has 2 amide bonds. The summed E-state index contributed by atoms with van der Waals surface area (Å²) in [6.45, 7) is 18.2. The number of ether oxygens (including phenoxy) is 5. The zero-order chi connectivity index (χ0) is 49.3. The van der Waals surface area contributed by atoms with Gasteiger partial charge in [0.1, 0.15) is 24.7 Å². The van der Waals surface area contributed by atoms with Gasteiger partial charge in [-0.1, -0.05) is 138 Å². The Labute approximate surface area is 411 Å². The number of amides is 2. The van der Waals surface area contributed by atoms with Crippen molar-refractivity contribution in [1.29, 1.82) is 0 Å². The number of aryl methyl sites for hydroxylation is 2. The molecule has 4 aromatic carbocycles. The van der Waals surface area contributed by atoms with Crippen LogP contribution < -0.4 is 10.6 Å². The Kier molecular flexibility index (Phi) is 20.8. The number of benzene rings is 4. The highest BCUT2D eigenvalue weighted by Gasteiger charge is 2.40. The normalized spacial score (nSPS) is 15.0. The van der Waals surface area contributed by atoms with Crippen molar-refractivity contribution in [1.82, 2.24) is 10.6 Å². The monoisotopic (exact) mass is 982 g/mol. The predicted molar refractivity (Wildman–Crippen MR) is 269 cm³/mol. The molecule has 15 heteroatoms. The number of hydrogen-bond acceptors (Lipinski definition) is 10.